The number of nitrogens with zero attached hydrogens (tertiary/aromatic N) is 4. The minimum atomic E-state index is -0.252. The van der Waals surface area contributed by atoms with Crippen molar-refractivity contribution in [2.75, 3.05) is 13.7 Å². The van der Waals surface area contributed by atoms with Crippen molar-refractivity contribution >= 4 is 5.91 Å². The number of rotatable bonds is 4. The number of para-hydroxylation sites is 1. The topological polar surface area (TPSA) is 81.4 Å². The van der Waals surface area contributed by atoms with Gasteiger partial charge in [-0.25, -0.2) is 0 Å². The van der Waals surface area contributed by atoms with Crippen LogP contribution in [-0.2, 0) is 0 Å². The maximum Gasteiger partial charge on any atom is 0.258 e. The van der Waals surface area contributed by atoms with Crippen molar-refractivity contribution in [3.8, 4) is 17.1 Å². The SMILES string of the molecule is COc1ccccc1C(=O)N1CCCCCC1c1nc(-c2cccnc2)no1. The van der Waals surface area contributed by atoms with E-state index in [4.69, 9.17) is 9.26 Å². The summed E-state index contributed by atoms with van der Waals surface area (Å²) in [6.07, 6.45) is 7.19. The molecule has 2 aromatic heterocycles. The number of carbonyl (C=O) groups is 1. The maximum absolute atomic E-state index is 13.3. The van der Waals surface area contributed by atoms with E-state index in [1.807, 2.05) is 29.2 Å². The first-order chi connectivity index (χ1) is 13.8. The fourth-order valence-corrected chi connectivity index (χ4v) is 3.57. The van der Waals surface area contributed by atoms with Crippen LogP contribution in [0, 0.1) is 0 Å². The second-order valence-corrected chi connectivity index (χ2v) is 6.76. The van der Waals surface area contributed by atoms with Crippen LogP contribution in [0.5, 0.6) is 5.75 Å². The van der Waals surface area contributed by atoms with Gasteiger partial charge >= 0.3 is 0 Å². The van der Waals surface area contributed by atoms with Gasteiger partial charge in [-0.2, -0.15) is 4.98 Å². The molecule has 0 radical (unpaired) electrons. The highest BCUT2D eigenvalue weighted by Gasteiger charge is 2.32. The average molecular weight is 378 g/mol. The summed E-state index contributed by atoms with van der Waals surface area (Å²) in [7, 11) is 1.57. The standard InChI is InChI=1S/C21H22N4O3/c1-27-18-11-5-4-9-16(18)21(26)25-13-6-2-3-10-17(25)20-23-19(24-28-20)15-8-7-12-22-14-15/h4-5,7-9,11-12,14,17H,2-3,6,10,13H2,1H3. The molecule has 3 aromatic rings. The Hall–Kier alpha value is -3.22. The van der Waals surface area contributed by atoms with Crippen LogP contribution in [0.3, 0.4) is 0 Å². The molecule has 0 spiro atoms. The lowest BCUT2D eigenvalue weighted by Gasteiger charge is -2.28. The highest BCUT2D eigenvalue weighted by molar-refractivity contribution is 5.97. The molecule has 1 aliphatic rings. The quantitative estimate of drug-likeness (QED) is 0.685. The first-order valence-electron chi connectivity index (χ1n) is 9.46. The highest BCUT2D eigenvalue weighted by Crippen LogP contribution is 2.33. The van der Waals surface area contributed by atoms with Crippen molar-refractivity contribution in [3.05, 3.63) is 60.2 Å². The predicted octanol–water partition coefficient (Wildman–Crippen LogP) is 3.90. The van der Waals surface area contributed by atoms with Crippen LogP contribution in [0.2, 0.25) is 0 Å². The number of amides is 1. The molecular weight excluding hydrogens is 356 g/mol. The van der Waals surface area contributed by atoms with E-state index in [1.54, 1.807) is 31.6 Å². The van der Waals surface area contributed by atoms with Crippen LogP contribution >= 0.6 is 0 Å². The normalized spacial score (nSPS) is 17.2. The number of ether oxygens (including phenoxy) is 1. The van der Waals surface area contributed by atoms with E-state index in [-0.39, 0.29) is 11.9 Å². The number of hydrogen-bond donors (Lipinski definition) is 0. The second-order valence-electron chi connectivity index (χ2n) is 6.76. The van der Waals surface area contributed by atoms with Crippen molar-refractivity contribution in [1.82, 2.24) is 20.0 Å². The molecule has 0 saturated carbocycles. The van der Waals surface area contributed by atoms with Gasteiger partial charge in [0.2, 0.25) is 11.7 Å². The molecule has 144 valence electrons. The summed E-state index contributed by atoms with van der Waals surface area (Å²) < 4.78 is 11.0. The first-order valence-corrected chi connectivity index (χ1v) is 9.46. The third-order valence-electron chi connectivity index (χ3n) is 5.00. The zero-order valence-corrected chi connectivity index (χ0v) is 15.7. The Morgan fingerprint density at radius 2 is 2.07 bits per heavy atom. The maximum atomic E-state index is 13.3. The number of carbonyl (C=O) groups excluding carboxylic acids is 1. The van der Waals surface area contributed by atoms with Crippen LogP contribution in [0.15, 0.2) is 53.3 Å². The Kier molecular flexibility index (Phi) is 5.32. The van der Waals surface area contributed by atoms with Crippen LogP contribution in [0.4, 0.5) is 0 Å². The van der Waals surface area contributed by atoms with Gasteiger partial charge in [-0.15, -0.1) is 0 Å². The van der Waals surface area contributed by atoms with Gasteiger partial charge in [0.05, 0.1) is 12.7 Å². The largest absolute Gasteiger partial charge is 0.496 e. The molecule has 1 atom stereocenters. The van der Waals surface area contributed by atoms with Crippen molar-refractivity contribution in [1.29, 1.82) is 0 Å². The minimum absolute atomic E-state index is 0.0783. The molecule has 1 saturated heterocycles. The van der Waals surface area contributed by atoms with Crippen molar-refractivity contribution in [2.45, 2.75) is 31.7 Å². The van der Waals surface area contributed by atoms with E-state index in [1.165, 1.54) is 0 Å². The number of aromatic nitrogens is 3. The van der Waals surface area contributed by atoms with E-state index in [0.717, 1.165) is 31.2 Å². The van der Waals surface area contributed by atoms with E-state index >= 15 is 0 Å². The van der Waals surface area contributed by atoms with Gasteiger partial charge in [0, 0.05) is 24.5 Å². The van der Waals surface area contributed by atoms with Gasteiger partial charge in [0.15, 0.2) is 0 Å². The molecule has 0 bridgehead atoms. The predicted molar refractivity (Wildman–Crippen MR) is 103 cm³/mol. The molecule has 1 unspecified atom stereocenters. The Morgan fingerprint density at radius 3 is 2.89 bits per heavy atom. The van der Waals surface area contributed by atoms with Gasteiger partial charge in [-0.05, 0) is 37.1 Å². The average Bonchev–Trinajstić information content (AvgIpc) is 3.12. The zero-order chi connectivity index (χ0) is 19.3. The lowest BCUT2D eigenvalue weighted by molar-refractivity contribution is 0.0641. The molecule has 0 aliphatic carbocycles. The van der Waals surface area contributed by atoms with Gasteiger partial charge in [0.1, 0.15) is 11.8 Å². The Balaban J connectivity index is 1.66. The number of pyridine rings is 1. The highest BCUT2D eigenvalue weighted by atomic mass is 16.5. The molecule has 7 heteroatoms. The van der Waals surface area contributed by atoms with Crippen molar-refractivity contribution in [2.24, 2.45) is 0 Å². The summed E-state index contributed by atoms with van der Waals surface area (Å²) in [6, 6.07) is 10.7. The zero-order valence-electron chi connectivity index (χ0n) is 15.7. The monoisotopic (exact) mass is 378 g/mol. The van der Waals surface area contributed by atoms with E-state index in [0.29, 0.717) is 29.6 Å². The van der Waals surface area contributed by atoms with Crippen LogP contribution < -0.4 is 4.74 Å². The molecule has 0 N–H and O–H groups in total. The fraction of sp³-hybridized carbons (Fsp3) is 0.333. The van der Waals surface area contributed by atoms with Gasteiger partial charge in [-0.1, -0.05) is 30.1 Å². The summed E-state index contributed by atoms with van der Waals surface area (Å²) in [5, 5.41) is 4.10. The summed E-state index contributed by atoms with van der Waals surface area (Å²) >= 11 is 0. The molecule has 28 heavy (non-hydrogen) atoms. The van der Waals surface area contributed by atoms with Gasteiger partial charge < -0.3 is 14.2 Å². The molecule has 3 heterocycles. The van der Waals surface area contributed by atoms with Crippen LogP contribution in [-0.4, -0.2) is 39.6 Å². The molecule has 7 nitrogen and oxygen atoms in total. The minimum Gasteiger partial charge on any atom is -0.496 e. The molecule has 1 amide bonds. The summed E-state index contributed by atoms with van der Waals surface area (Å²) in [4.78, 5) is 23.8. The van der Waals surface area contributed by atoms with Gasteiger partial charge in [0.25, 0.3) is 5.91 Å². The van der Waals surface area contributed by atoms with Crippen molar-refractivity contribution < 1.29 is 14.1 Å². The number of likely N-dealkylation sites (tertiary alicyclic amines) is 1. The summed E-state index contributed by atoms with van der Waals surface area (Å²) in [5.41, 5.74) is 1.33. The molecule has 4 rings (SSSR count). The number of hydrogen-bond acceptors (Lipinski definition) is 6. The van der Waals surface area contributed by atoms with E-state index < -0.39 is 0 Å². The van der Waals surface area contributed by atoms with Crippen LogP contribution in [0.1, 0.15) is 48.0 Å². The van der Waals surface area contributed by atoms with E-state index in [9.17, 15) is 4.79 Å². The first kappa shape index (κ1) is 18.2. The van der Waals surface area contributed by atoms with Gasteiger partial charge in [-0.3, -0.25) is 9.78 Å². The smallest absolute Gasteiger partial charge is 0.258 e. The fourth-order valence-electron chi connectivity index (χ4n) is 3.57. The number of benzene rings is 1. The van der Waals surface area contributed by atoms with Crippen molar-refractivity contribution in [3.63, 3.8) is 0 Å². The molecular formula is C21H22N4O3. The third-order valence-corrected chi connectivity index (χ3v) is 5.00. The summed E-state index contributed by atoms with van der Waals surface area (Å²) in [6.45, 7) is 0.645. The Labute approximate surface area is 163 Å². The molecule has 1 aromatic carbocycles. The molecule has 1 aliphatic heterocycles. The Bertz CT molecular complexity index is 942. The summed E-state index contributed by atoms with van der Waals surface area (Å²) in [5.74, 6) is 1.43. The second kappa shape index (κ2) is 8.21. The lowest BCUT2D eigenvalue weighted by Crippen LogP contribution is -2.35. The van der Waals surface area contributed by atoms with Crippen LogP contribution in [0.25, 0.3) is 11.4 Å². The number of methoxy groups -OCH3 is 1. The lowest BCUT2D eigenvalue weighted by atomic mass is 10.1. The van der Waals surface area contributed by atoms with E-state index in [2.05, 4.69) is 15.1 Å². The third kappa shape index (κ3) is 3.60. The Morgan fingerprint density at radius 1 is 1.18 bits per heavy atom. The molecule has 1 fully saturated rings.